The molecule has 4 N–H and O–H groups in total. The molecule has 15 aromatic rings. The van der Waals surface area contributed by atoms with Crippen molar-refractivity contribution in [3.63, 3.8) is 0 Å². The van der Waals surface area contributed by atoms with Crippen LogP contribution in [0.25, 0.3) is 66.9 Å². The van der Waals surface area contributed by atoms with E-state index in [2.05, 4.69) is 86.5 Å². The number of aromatic nitrogens is 12. The monoisotopic (exact) mass is 1480 g/mol. The maximum Gasteiger partial charge on any atom is 0.124 e. The predicted molar refractivity (Wildman–Crippen MR) is 438 cm³/mol. The molecule has 554 valence electrons. The quantitative estimate of drug-likeness (QED) is 0.0597. The third-order valence-electron chi connectivity index (χ3n) is 17.7. The standard InChI is InChI=1S/C30H24N6O2.2C29H26N6O2/c1-35-20-23(18-33-35)30-19-32-28-10-9-24(15-29(28)34-30)36(25-13-26(37-2)16-27(14-25)38-3)11-5-8-21-6-4-7-22(12-21)17-31;1-34-19-21(17-32-34)29-18-31-27-10-9-23(15-28(27)33-29)35(11-5-7-20-6-4-8-22(30)12-20)24-13-25(36-2)16-26(14-24)37-3;1-34-19-21(17-32-34)29-18-31-27-11-10-23(15-28(27)33-29)35(12-4-5-20-6-8-22(30)9-7-20)24-13-25(36-2)16-26(14-24)37-3/h4,6-7,9-10,12-16,18-20H,11H2,1-3H3;4,6,8-10,12-19H,11,30H2,1-3H3;6-11,13-19H,12,30H2,1-3H3. The third kappa shape index (κ3) is 18.5. The summed E-state index contributed by atoms with van der Waals surface area (Å²) in [6.45, 7) is 1.20. The van der Waals surface area contributed by atoms with Gasteiger partial charge in [-0.25, -0.2) is 15.0 Å². The molecule has 6 heterocycles. The Kier molecular flexibility index (Phi) is 23.3. The first kappa shape index (κ1) is 74.9. The highest BCUT2D eigenvalue weighted by Gasteiger charge is 2.19. The van der Waals surface area contributed by atoms with Crippen LogP contribution in [-0.4, -0.2) is 122 Å². The van der Waals surface area contributed by atoms with Crippen LogP contribution in [0, 0.1) is 46.9 Å². The highest BCUT2D eigenvalue weighted by atomic mass is 16.5. The number of fused-ring (bicyclic) bond motifs is 3. The largest absolute Gasteiger partial charge is 0.497 e. The van der Waals surface area contributed by atoms with E-state index in [-0.39, 0.29) is 0 Å². The lowest BCUT2D eigenvalue weighted by Gasteiger charge is -2.24. The Bertz CT molecular complexity index is 6090. The van der Waals surface area contributed by atoms with E-state index in [1.807, 2.05) is 210 Å². The van der Waals surface area contributed by atoms with Crippen LogP contribution in [-0.2, 0) is 21.1 Å². The molecule has 0 aliphatic rings. The zero-order chi connectivity index (χ0) is 78.0. The normalized spacial score (nSPS) is 10.5. The van der Waals surface area contributed by atoms with Crippen molar-refractivity contribution in [2.24, 2.45) is 21.1 Å². The fourth-order valence-electron chi connectivity index (χ4n) is 11.9. The van der Waals surface area contributed by atoms with Crippen LogP contribution < -0.4 is 54.6 Å². The molecule has 9 aromatic carbocycles. The van der Waals surface area contributed by atoms with E-state index in [4.69, 9.17) is 54.8 Å². The molecule has 0 aliphatic carbocycles. The summed E-state index contributed by atoms with van der Waals surface area (Å²) in [7, 11) is 15.4. The molecule has 0 amide bonds. The number of nitrogen functional groups attached to an aromatic ring is 2. The van der Waals surface area contributed by atoms with Gasteiger partial charge in [0.1, 0.15) is 34.5 Å². The molecule has 0 fully saturated rings. The first-order valence-corrected chi connectivity index (χ1v) is 35.1. The maximum absolute atomic E-state index is 9.21. The van der Waals surface area contributed by atoms with Crippen molar-refractivity contribution in [3.05, 3.63) is 260 Å². The van der Waals surface area contributed by atoms with E-state index >= 15 is 0 Å². The van der Waals surface area contributed by atoms with Gasteiger partial charge in [0.25, 0.3) is 0 Å². The maximum atomic E-state index is 9.21. The molecule has 0 unspecified atom stereocenters. The molecule has 0 atom stereocenters. The van der Waals surface area contributed by atoms with Crippen molar-refractivity contribution in [1.29, 1.82) is 5.26 Å². The number of nitriles is 1. The Labute approximate surface area is 647 Å². The van der Waals surface area contributed by atoms with Crippen LogP contribution in [0.2, 0.25) is 0 Å². The van der Waals surface area contributed by atoms with Gasteiger partial charge < -0.3 is 54.6 Å². The van der Waals surface area contributed by atoms with Gasteiger partial charge in [-0.2, -0.15) is 20.6 Å². The van der Waals surface area contributed by atoms with E-state index < -0.39 is 0 Å². The number of aryl methyl sites for hydroxylation is 3. The van der Waals surface area contributed by atoms with Crippen LogP contribution in [0.1, 0.15) is 22.3 Å². The smallest absolute Gasteiger partial charge is 0.124 e. The lowest BCUT2D eigenvalue weighted by atomic mass is 10.1. The topological polar surface area (TPSA) is 272 Å². The summed E-state index contributed by atoms with van der Waals surface area (Å²) in [5.41, 5.74) is 31.1. The molecule has 24 heteroatoms. The number of anilines is 8. The van der Waals surface area contributed by atoms with Crippen molar-refractivity contribution in [1.82, 2.24) is 59.2 Å². The van der Waals surface area contributed by atoms with E-state index in [1.165, 1.54) is 0 Å². The van der Waals surface area contributed by atoms with Crippen LogP contribution >= 0.6 is 0 Å². The van der Waals surface area contributed by atoms with Crippen LogP contribution in [0.5, 0.6) is 34.5 Å². The summed E-state index contributed by atoms with van der Waals surface area (Å²) in [4.78, 5) is 34.6. The molecule has 0 bridgehead atoms. The van der Waals surface area contributed by atoms with Gasteiger partial charge in [-0.3, -0.25) is 29.0 Å². The lowest BCUT2D eigenvalue weighted by molar-refractivity contribution is 0.394. The van der Waals surface area contributed by atoms with E-state index in [9.17, 15) is 5.26 Å². The average molecular weight is 1480 g/mol. The van der Waals surface area contributed by atoms with Crippen molar-refractivity contribution in [3.8, 4) is 110 Å². The summed E-state index contributed by atoms with van der Waals surface area (Å²) < 4.78 is 38.3. The number of rotatable bonds is 18. The highest BCUT2D eigenvalue weighted by Crippen LogP contribution is 2.38. The van der Waals surface area contributed by atoms with E-state index in [1.54, 1.807) is 106 Å². The fourth-order valence-corrected chi connectivity index (χ4v) is 11.9. The number of nitrogens with zero attached hydrogens (tertiary/aromatic N) is 16. The Hall–Kier alpha value is -15.4. The Morgan fingerprint density at radius 2 is 0.661 bits per heavy atom. The van der Waals surface area contributed by atoms with Gasteiger partial charge in [0, 0.05) is 173 Å². The second-order valence-electron chi connectivity index (χ2n) is 25.3. The van der Waals surface area contributed by atoms with Gasteiger partial charge in [-0.1, -0.05) is 47.7 Å². The number of ether oxygens (including phenoxy) is 6. The Morgan fingerprint density at radius 3 is 0.982 bits per heavy atom. The molecule has 24 nitrogen and oxygen atoms in total. The summed E-state index contributed by atoms with van der Waals surface area (Å²) >= 11 is 0. The molecule has 0 saturated heterocycles. The zero-order valence-corrected chi connectivity index (χ0v) is 62.9. The summed E-state index contributed by atoms with van der Waals surface area (Å²) in [5.74, 6) is 23.5. The number of hydrogen-bond acceptors (Lipinski definition) is 21. The molecule has 0 saturated carbocycles. The average Bonchev–Trinajstić information content (AvgIpc) is 0.978. The van der Waals surface area contributed by atoms with E-state index in [0.717, 1.165) is 118 Å². The third-order valence-corrected chi connectivity index (χ3v) is 17.7. The first-order chi connectivity index (χ1) is 54.6. The van der Waals surface area contributed by atoms with Crippen molar-refractivity contribution in [2.45, 2.75) is 0 Å². The Balaban J connectivity index is 0.000000147. The molecule has 6 aromatic heterocycles. The molecule has 15 rings (SSSR count). The van der Waals surface area contributed by atoms with Gasteiger partial charge in [-0.05, 0) is 115 Å². The minimum atomic E-state index is 0.369. The van der Waals surface area contributed by atoms with Gasteiger partial charge in [0.15, 0.2) is 0 Å². The second kappa shape index (κ2) is 34.9. The summed E-state index contributed by atoms with van der Waals surface area (Å²) in [5, 5.41) is 21.9. The van der Waals surface area contributed by atoms with Gasteiger partial charge in [0.05, 0.1) is 161 Å². The van der Waals surface area contributed by atoms with Crippen LogP contribution in [0.15, 0.2) is 238 Å². The lowest BCUT2D eigenvalue weighted by Crippen LogP contribution is -2.17. The number of nitrogens with two attached hydrogens (primary N) is 2. The molecule has 0 aliphatic heterocycles. The van der Waals surface area contributed by atoms with Crippen molar-refractivity contribution < 1.29 is 28.4 Å². The first-order valence-electron chi connectivity index (χ1n) is 35.1. The highest BCUT2D eigenvalue weighted by molar-refractivity contribution is 5.86. The van der Waals surface area contributed by atoms with Gasteiger partial charge >= 0.3 is 0 Å². The zero-order valence-electron chi connectivity index (χ0n) is 62.9. The Morgan fingerprint density at radius 1 is 0.330 bits per heavy atom. The SMILES string of the molecule is COc1cc(OC)cc(N(CC#Cc2ccc(N)cc2)c2ccc3ncc(-c4cnn(C)c4)nc3c2)c1.COc1cc(OC)cc(N(CC#Cc2cccc(C#N)c2)c2ccc3ncc(-c4cnn(C)c4)nc3c2)c1.COc1cc(OC)cc(N(CC#Cc2cccc(N)c2)c2ccc3ncc(-c4cnn(C)c4)nc3c2)c1. The van der Waals surface area contributed by atoms with Crippen LogP contribution in [0.3, 0.4) is 0 Å². The van der Waals surface area contributed by atoms with Gasteiger partial charge in [0.2, 0.25) is 0 Å². The minimum Gasteiger partial charge on any atom is -0.497 e. The number of methoxy groups -OCH3 is 6. The number of benzene rings is 9. The molecule has 0 spiro atoms. The van der Waals surface area contributed by atoms with E-state index in [0.29, 0.717) is 71.1 Å². The molecule has 112 heavy (non-hydrogen) atoms. The summed E-state index contributed by atoms with van der Waals surface area (Å²) in [6.07, 6.45) is 16.4. The van der Waals surface area contributed by atoms with Crippen molar-refractivity contribution >= 4 is 78.6 Å². The second-order valence-corrected chi connectivity index (χ2v) is 25.3. The van der Waals surface area contributed by atoms with Gasteiger partial charge in [-0.15, -0.1) is 0 Å². The number of hydrogen-bond donors (Lipinski definition) is 2. The van der Waals surface area contributed by atoms with Crippen LogP contribution in [0.4, 0.5) is 45.5 Å². The summed E-state index contributed by atoms with van der Waals surface area (Å²) in [6, 6.07) is 59.5. The molecular formula is C88H76N18O6. The fraction of sp³-hybridized carbons (Fsp3) is 0.136. The minimum absolute atomic E-state index is 0.369. The predicted octanol–water partition coefficient (Wildman–Crippen LogP) is 14.7. The molecule has 0 radical (unpaired) electrons. The van der Waals surface area contributed by atoms with Crippen molar-refractivity contribution in [2.75, 3.05) is 88.5 Å². The molecular weight excluding hydrogens is 1410 g/mol.